The Morgan fingerprint density at radius 1 is 0.286 bits per heavy atom. The van der Waals surface area contributed by atoms with E-state index in [4.69, 9.17) is 0 Å². The molecule has 0 spiro atoms. The lowest BCUT2D eigenvalue weighted by molar-refractivity contribution is 1.12. The van der Waals surface area contributed by atoms with E-state index in [1.807, 2.05) is 0 Å². The van der Waals surface area contributed by atoms with Crippen LogP contribution in [0.4, 0.5) is 0 Å². The maximum atomic E-state index is 2.42. The van der Waals surface area contributed by atoms with Crippen molar-refractivity contribution in [1.29, 1.82) is 0 Å². The van der Waals surface area contributed by atoms with E-state index in [2.05, 4.69) is 190 Å². The monoisotopic (exact) mass is 623 g/mol. The minimum absolute atomic E-state index is 1.14. The highest BCUT2D eigenvalue weighted by molar-refractivity contribution is 6.30. The van der Waals surface area contributed by atoms with E-state index >= 15 is 0 Å². The van der Waals surface area contributed by atoms with Gasteiger partial charge in [0.2, 0.25) is 0 Å². The fourth-order valence-electron chi connectivity index (χ4n) is 8.35. The Kier molecular flexibility index (Phi) is 5.38. The van der Waals surface area contributed by atoms with E-state index < -0.39 is 0 Å². The van der Waals surface area contributed by atoms with E-state index in [1.165, 1.54) is 81.7 Å². The number of aromatic nitrogens is 3. The summed E-state index contributed by atoms with van der Waals surface area (Å²) in [4.78, 5) is 0. The number of fused-ring (bicyclic) bond motifs is 12. The van der Waals surface area contributed by atoms with Gasteiger partial charge >= 0.3 is 0 Å². The Labute approximate surface area is 282 Å². The second kappa shape index (κ2) is 9.96. The van der Waals surface area contributed by atoms with Gasteiger partial charge < -0.3 is 13.7 Å². The van der Waals surface area contributed by atoms with E-state index in [1.54, 1.807) is 0 Å². The summed E-state index contributed by atoms with van der Waals surface area (Å²) in [5.41, 5.74) is 9.59. The second-order valence-electron chi connectivity index (χ2n) is 13.0. The largest absolute Gasteiger partial charge is 0.316 e. The molecule has 0 atom stereocenters. The first-order chi connectivity index (χ1) is 24.3. The van der Waals surface area contributed by atoms with E-state index in [0.29, 0.717) is 0 Å². The molecule has 0 N–H and O–H groups in total. The topological polar surface area (TPSA) is 14.8 Å². The van der Waals surface area contributed by atoms with Gasteiger partial charge in [-0.3, -0.25) is 0 Å². The van der Waals surface area contributed by atoms with Crippen molar-refractivity contribution in [2.75, 3.05) is 0 Å². The highest BCUT2D eigenvalue weighted by Crippen LogP contribution is 2.42. The van der Waals surface area contributed by atoms with Crippen LogP contribution in [0.2, 0.25) is 0 Å². The Balaban J connectivity index is 1.16. The molecule has 3 aromatic heterocycles. The van der Waals surface area contributed by atoms with Crippen molar-refractivity contribution < 1.29 is 0 Å². The summed E-state index contributed by atoms with van der Waals surface area (Å²) in [7, 11) is 0. The molecule has 0 aliphatic carbocycles. The fourth-order valence-corrected chi connectivity index (χ4v) is 8.35. The van der Waals surface area contributed by atoms with Gasteiger partial charge in [0.05, 0.1) is 27.6 Å². The average Bonchev–Trinajstić information content (AvgIpc) is 3.86. The summed E-state index contributed by atoms with van der Waals surface area (Å²) < 4.78 is 7.15. The van der Waals surface area contributed by atoms with Crippen LogP contribution in [-0.2, 0) is 0 Å². The quantitative estimate of drug-likeness (QED) is 0.186. The van der Waals surface area contributed by atoms with Crippen LogP contribution in [0.1, 0.15) is 0 Å². The molecule has 0 fully saturated rings. The van der Waals surface area contributed by atoms with E-state index in [-0.39, 0.29) is 0 Å². The second-order valence-corrected chi connectivity index (χ2v) is 13.0. The van der Waals surface area contributed by atoms with Crippen molar-refractivity contribution in [1.82, 2.24) is 13.7 Å². The summed E-state index contributed by atoms with van der Waals surface area (Å²) in [5.74, 6) is 0. The van der Waals surface area contributed by atoms with Crippen LogP contribution >= 0.6 is 0 Å². The molecule has 0 aliphatic heterocycles. The third kappa shape index (κ3) is 3.67. The van der Waals surface area contributed by atoms with Gasteiger partial charge in [-0.2, -0.15) is 0 Å². The average molecular weight is 624 g/mol. The summed E-state index contributed by atoms with van der Waals surface area (Å²) >= 11 is 0. The molecule has 11 aromatic rings. The Hall–Kier alpha value is -6.58. The normalized spacial score (nSPS) is 12.1. The smallest absolute Gasteiger partial charge is 0.0607 e. The maximum absolute atomic E-state index is 2.42. The highest BCUT2D eigenvalue weighted by Gasteiger charge is 2.19. The SMILES string of the molecule is c1ccc(-n2c3ccc4ccccc4c3c3c4ccc5ccn(-c6ccc(-n7c8ccccc8c8ccccc87)cc6)c5c4ccc32)cc1. The standard InChI is InChI=1S/C46H29N3/c1-2-11-33(12-3-1)49-42-26-19-30-10-4-5-13-35(30)44(42)45-38-24-18-31-28-29-47(46(31)39(38)25-27-43(45)49)32-20-22-34(23-21-32)48-40-16-8-6-14-36(40)37-15-7-9-17-41(37)48/h1-29H. The summed E-state index contributed by atoms with van der Waals surface area (Å²) in [6.07, 6.45) is 2.21. The molecule has 8 aromatic carbocycles. The van der Waals surface area contributed by atoms with Gasteiger partial charge in [0.15, 0.2) is 0 Å². The van der Waals surface area contributed by atoms with Gasteiger partial charge in [-0.1, -0.05) is 103 Å². The molecule has 0 saturated carbocycles. The third-order valence-corrected chi connectivity index (χ3v) is 10.4. The van der Waals surface area contributed by atoms with Crippen molar-refractivity contribution in [2.45, 2.75) is 0 Å². The number of rotatable bonds is 3. The Bertz CT molecular complexity index is 3030. The molecule has 3 heteroatoms. The van der Waals surface area contributed by atoms with Crippen LogP contribution in [0.5, 0.6) is 0 Å². The van der Waals surface area contributed by atoms with Crippen LogP contribution in [-0.4, -0.2) is 13.7 Å². The molecular weight excluding hydrogens is 595 g/mol. The molecule has 0 unspecified atom stereocenters. The molecule has 3 heterocycles. The molecule has 0 saturated heterocycles. The van der Waals surface area contributed by atoms with Gasteiger partial charge in [0, 0.05) is 55.6 Å². The van der Waals surface area contributed by atoms with Gasteiger partial charge in [-0.25, -0.2) is 0 Å². The van der Waals surface area contributed by atoms with E-state index in [9.17, 15) is 0 Å². The molecule has 49 heavy (non-hydrogen) atoms. The Morgan fingerprint density at radius 3 is 1.57 bits per heavy atom. The van der Waals surface area contributed by atoms with Crippen LogP contribution in [0.3, 0.4) is 0 Å². The van der Waals surface area contributed by atoms with Crippen LogP contribution in [0.15, 0.2) is 176 Å². The zero-order valence-corrected chi connectivity index (χ0v) is 26.6. The number of hydrogen-bond donors (Lipinski definition) is 0. The van der Waals surface area contributed by atoms with Gasteiger partial charge in [0.1, 0.15) is 0 Å². The summed E-state index contributed by atoms with van der Waals surface area (Å²) in [5, 5.41) is 11.4. The molecule has 228 valence electrons. The predicted octanol–water partition coefficient (Wildman–Crippen LogP) is 12.1. The van der Waals surface area contributed by atoms with Crippen LogP contribution in [0.25, 0.3) is 93.1 Å². The molecule has 11 rings (SSSR count). The minimum Gasteiger partial charge on any atom is -0.316 e. The van der Waals surface area contributed by atoms with Crippen molar-refractivity contribution >= 4 is 76.1 Å². The first-order valence-corrected chi connectivity index (χ1v) is 16.9. The van der Waals surface area contributed by atoms with Crippen LogP contribution < -0.4 is 0 Å². The molecule has 0 bridgehead atoms. The lowest BCUT2D eigenvalue weighted by Gasteiger charge is -2.12. The first kappa shape index (κ1) is 26.5. The molecule has 0 amide bonds. The summed E-state index contributed by atoms with van der Waals surface area (Å²) in [6, 6.07) is 61.9. The van der Waals surface area contributed by atoms with Gasteiger partial charge in [-0.15, -0.1) is 0 Å². The van der Waals surface area contributed by atoms with Gasteiger partial charge in [-0.05, 0) is 82.9 Å². The molecular formula is C46H29N3. The van der Waals surface area contributed by atoms with Crippen molar-refractivity contribution in [3.05, 3.63) is 176 Å². The first-order valence-electron chi connectivity index (χ1n) is 16.9. The predicted molar refractivity (Wildman–Crippen MR) is 207 cm³/mol. The van der Waals surface area contributed by atoms with Gasteiger partial charge in [0.25, 0.3) is 0 Å². The summed E-state index contributed by atoms with van der Waals surface area (Å²) in [6.45, 7) is 0. The molecule has 0 aliphatic rings. The van der Waals surface area contributed by atoms with Crippen molar-refractivity contribution in [3.8, 4) is 17.1 Å². The lowest BCUT2D eigenvalue weighted by Crippen LogP contribution is -1.97. The van der Waals surface area contributed by atoms with E-state index in [0.717, 1.165) is 11.4 Å². The third-order valence-electron chi connectivity index (χ3n) is 10.4. The molecule has 3 nitrogen and oxygen atoms in total. The highest BCUT2D eigenvalue weighted by atomic mass is 15.0. The van der Waals surface area contributed by atoms with Crippen LogP contribution in [0, 0.1) is 0 Å². The zero-order valence-electron chi connectivity index (χ0n) is 26.6. The maximum Gasteiger partial charge on any atom is 0.0607 e. The van der Waals surface area contributed by atoms with Crippen molar-refractivity contribution in [2.24, 2.45) is 0 Å². The van der Waals surface area contributed by atoms with Crippen molar-refractivity contribution in [3.63, 3.8) is 0 Å². The number of para-hydroxylation sites is 3. The lowest BCUT2D eigenvalue weighted by atomic mass is 9.98. The molecule has 0 radical (unpaired) electrons. The Morgan fingerprint density at radius 2 is 0.816 bits per heavy atom. The zero-order chi connectivity index (χ0) is 32.1. The minimum atomic E-state index is 1.14. The fraction of sp³-hybridized carbons (Fsp3) is 0. The number of nitrogens with zero attached hydrogens (tertiary/aromatic N) is 3. The number of hydrogen-bond acceptors (Lipinski definition) is 0. The number of benzene rings is 8.